The molecule has 0 aliphatic carbocycles. The van der Waals surface area contributed by atoms with Gasteiger partial charge in [0.2, 0.25) is 0 Å². The Bertz CT molecular complexity index is 755. The maximum atomic E-state index is 12.1. The number of methoxy groups -OCH3 is 2. The predicted octanol–water partition coefficient (Wildman–Crippen LogP) is 3.20. The summed E-state index contributed by atoms with van der Waals surface area (Å²) in [5, 5.41) is 2.82. The van der Waals surface area contributed by atoms with E-state index >= 15 is 0 Å². The van der Waals surface area contributed by atoms with Crippen LogP contribution in [0, 0.1) is 0 Å². The molecular formula is C21H27NO6. The number of hydrogen-bond donors (Lipinski definition) is 1. The van der Waals surface area contributed by atoms with Gasteiger partial charge in [-0.05, 0) is 31.5 Å². The monoisotopic (exact) mass is 389 g/mol. The van der Waals surface area contributed by atoms with Gasteiger partial charge in [0.25, 0.3) is 5.91 Å². The molecule has 1 amide bonds. The Labute approximate surface area is 165 Å². The number of nitrogens with one attached hydrogen (secondary N) is 1. The molecule has 152 valence electrons. The number of carbonyl (C=O) groups is 1. The second kappa shape index (κ2) is 10.9. The Balaban J connectivity index is 1.91. The van der Waals surface area contributed by atoms with Gasteiger partial charge in [-0.25, -0.2) is 0 Å². The van der Waals surface area contributed by atoms with Crippen LogP contribution in [0.25, 0.3) is 0 Å². The van der Waals surface area contributed by atoms with E-state index in [9.17, 15) is 4.79 Å². The van der Waals surface area contributed by atoms with Crippen molar-refractivity contribution in [3.05, 3.63) is 42.0 Å². The molecule has 0 saturated carbocycles. The molecule has 0 aromatic heterocycles. The highest BCUT2D eigenvalue weighted by molar-refractivity contribution is 5.77. The van der Waals surface area contributed by atoms with Crippen molar-refractivity contribution in [2.75, 3.05) is 34.0 Å². The first-order chi connectivity index (χ1) is 13.6. The largest absolute Gasteiger partial charge is 0.496 e. The van der Waals surface area contributed by atoms with Gasteiger partial charge >= 0.3 is 0 Å². The van der Waals surface area contributed by atoms with E-state index in [4.69, 9.17) is 23.7 Å². The third-order valence-electron chi connectivity index (χ3n) is 3.79. The highest BCUT2D eigenvalue weighted by Crippen LogP contribution is 2.29. The van der Waals surface area contributed by atoms with Gasteiger partial charge in [-0.1, -0.05) is 6.07 Å². The molecule has 7 heteroatoms. The molecule has 7 nitrogen and oxygen atoms in total. The minimum atomic E-state index is -0.242. The minimum absolute atomic E-state index is 0.119. The van der Waals surface area contributed by atoms with Crippen molar-refractivity contribution in [1.82, 2.24) is 5.32 Å². The van der Waals surface area contributed by atoms with Crippen LogP contribution in [0.2, 0.25) is 0 Å². The van der Waals surface area contributed by atoms with Gasteiger partial charge in [0, 0.05) is 24.7 Å². The van der Waals surface area contributed by atoms with E-state index in [1.807, 2.05) is 32.0 Å². The third kappa shape index (κ3) is 6.26. The summed E-state index contributed by atoms with van der Waals surface area (Å²) in [5.41, 5.74) is 0.906. The van der Waals surface area contributed by atoms with Crippen LogP contribution in [0.3, 0.4) is 0 Å². The highest BCUT2D eigenvalue weighted by atomic mass is 16.5. The second-order valence-corrected chi connectivity index (χ2v) is 5.76. The quantitative estimate of drug-likeness (QED) is 0.636. The van der Waals surface area contributed by atoms with Crippen molar-refractivity contribution in [1.29, 1.82) is 0 Å². The van der Waals surface area contributed by atoms with Crippen molar-refractivity contribution in [2.24, 2.45) is 0 Å². The summed E-state index contributed by atoms with van der Waals surface area (Å²) in [4.78, 5) is 12.1. The SMILES string of the molecule is CCOc1ccc(CNC(=O)COc2cc(OC)cc(OC)c2)cc1OCC. The molecule has 0 radical (unpaired) electrons. The number of ether oxygens (including phenoxy) is 5. The molecular weight excluding hydrogens is 362 g/mol. The Morgan fingerprint density at radius 1 is 0.821 bits per heavy atom. The Hall–Kier alpha value is -3.09. The molecule has 2 aromatic carbocycles. The molecule has 0 bridgehead atoms. The zero-order chi connectivity index (χ0) is 20.4. The molecule has 2 aromatic rings. The number of benzene rings is 2. The van der Waals surface area contributed by atoms with E-state index in [1.54, 1.807) is 32.4 Å². The molecule has 0 spiro atoms. The molecule has 0 heterocycles. The number of carbonyl (C=O) groups excluding carboxylic acids is 1. The van der Waals surface area contributed by atoms with Crippen LogP contribution in [0.5, 0.6) is 28.7 Å². The summed E-state index contributed by atoms with van der Waals surface area (Å²) in [6.45, 7) is 5.16. The molecule has 0 saturated heterocycles. The Morgan fingerprint density at radius 2 is 1.43 bits per heavy atom. The van der Waals surface area contributed by atoms with E-state index in [0.29, 0.717) is 48.5 Å². The molecule has 28 heavy (non-hydrogen) atoms. The fourth-order valence-electron chi connectivity index (χ4n) is 2.47. The second-order valence-electron chi connectivity index (χ2n) is 5.76. The summed E-state index contributed by atoms with van der Waals surface area (Å²) in [5.74, 6) is 2.78. The summed E-state index contributed by atoms with van der Waals surface area (Å²) in [6, 6.07) is 10.7. The van der Waals surface area contributed by atoms with Crippen molar-refractivity contribution in [2.45, 2.75) is 20.4 Å². The smallest absolute Gasteiger partial charge is 0.258 e. The lowest BCUT2D eigenvalue weighted by Crippen LogP contribution is -2.28. The fraction of sp³-hybridized carbons (Fsp3) is 0.381. The van der Waals surface area contributed by atoms with E-state index in [2.05, 4.69) is 5.32 Å². The molecule has 0 aliphatic rings. The molecule has 0 aliphatic heterocycles. The zero-order valence-corrected chi connectivity index (χ0v) is 16.7. The van der Waals surface area contributed by atoms with Crippen LogP contribution in [-0.4, -0.2) is 39.9 Å². The summed E-state index contributed by atoms with van der Waals surface area (Å²) < 4.78 is 27.1. The van der Waals surface area contributed by atoms with Gasteiger partial charge in [-0.3, -0.25) is 4.79 Å². The average molecular weight is 389 g/mol. The van der Waals surface area contributed by atoms with Crippen LogP contribution >= 0.6 is 0 Å². The zero-order valence-electron chi connectivity index (χ0n) is 16.7. The van der Waals surface area contributed by atoms with Crippen LogP contribution in [0.15, 0.2) is 36.4 Å². The van der Waals surface area contributed by atoms with E-state index in [-0.39, 0.29) is 12.5 Å². The average Bonchev–Trinajstić information content (AvgIpc) is 2.72. The van der Waals surface area contributed by atoms with E-state index in [0.717, 1.165) is 5.56 Å². The molecule has 0 fully saturated rings. The normalized spacial score (nSPS) is 10.1. The van der Waals surface area contributed by atoms with Gasteiger partial charge in [0.05, 0.1) is 27.4 Å². The molecule has 1 N–H and O–H groups in total. The first kappa shape index (κ1) is 21.2. The summed E-state index contributed by atoms with van der Waals surface area (Å²) in [7, 11) is 3.11. The van der Waals surface area contributed by atoms with Gasteiger partial charge in [0.1, 0.15) is 17.2 Å². The van der Waals surface area contributed by atoms with Crippen LogP contribution in [-0.2, 0) is 11.3 Å². The summed E-state index contributed by atoms with van der Waals surface area (Å²) in [6.07, 6.45) is 0. The van der Waals surface area contributed by atoms with Crippen LogP contribution < -0.4 is 29.0 Å². The van der Waals surface area contributed by atoms with E-state index in [1.165, 1.54) is 0 Å². The van der Waals surface area contributed by atoms with E-state index < -0.39 is 0 Å². The lowest BCUT2D eigenvalue weighted by atomic mass is 10.2. The lowest BCUT2D eigenvalue weighted by molar-refractivity contribution is -0.123. The number of rotatable bonds is 11. The van der Waals surface area contributed by atoms with Gasteiger partial charge < -0.3 is 29.0 Å². The van der Waals surface area contributed by atoms with Crippen molar-refractivity contribution >= 4 is 5.91 Å². The first-order valence-corrected chi connectivity index (χ1v) is 9.10. The van der Waals surface area contributed by atoms with Gasteiger partial charge in [0.15, 0.2) is 18.1 Å². The Kier molecular flexibility index (Phi) is 8.27. The molecule has 2 rings (SSSR count). The highest BCUT2D eigenvalue weighted by Gasteiger charge is 2.09. The van der Waals surface area contributed by atoms with Crippen molar-refractivity contribution < 1.29 is 28.5 Å². The molecule has 0 unspecified atom stereocenters. The maximum absolute atomic E-state index is 12.1. The van der Waals surface area contributed by atoms with Crippen LogP contribution in [0.1, 0.15) is 19.4 Å². The lowest BCUT2D eigenvalue weighted by Gasteiger charge is -2.13. The predicted molar refractivity (Wildman–Crippen MR) is 106 cm³/mol. The Morgan fingerprint density at radius 3 is 2.04 bits per heavy atom. The number of amides is 1. The van der Waals surface area contributed by atoms with Crippen molar-refractivity contribution in [3.63, 3.8) is 0 Å². The first-order valence-electron chi connectivity index (χ1n) is 9.10. The fourth-order valence-corrected chi connectivity index (χ4v) is 2.47. The topological polar surface area (TPSA) is 75.3 Å². The maximum Gasteiger partial charge on any atom is 0.258 e. The summed E-state index contributed by atoms with van der Waals surface area (Å²) >= 11 is 0. The number of hydrogen-bond acceptors (Lipinski definition) is 6. The van der Waals surface area contributed by atoms with Gasteiger partial charge in [-0.15, -0.1) is 0 Å². The van der Waals surface area contributed by atoms with Crippen molar-refractivity contribution in [3.8, 4) is 28.7 Å². The standard InChI is InChI=1S/C21H27NO6/c1-5-26-19-8-7-15(9-20(19)27-6-2)13-22-21(23)14-28-18-11-16(24-3)10-17(12-18)25-4/h7-12H,5-6,13-14H2,1-4H3,(H,22,23). The minimum Gasteiger partial charge on any atom is -0.496 e. The van der Waals surface area contributed by atoms with Crippen LogP contribution in [0.4, 0.5) is 0 Å². The third-order valence-corrected chi connectivity index (χ3v) is 3.79. The molecule has 0 atom stereocenters. The van der Waals surface area contributed by atoms with Gasteiger partial charge in [-0.2, -0.15) is 0 Å².